The zero-order valence-electron chi connectivity index (χ0n) is 26.8. The van der Waals surface area contributed by atoms with Crippen LogP contribution in [0.15, 0.2) is 67.0 Å². The lowest BCUT2D eigenvalue weighted by Gasteiger charge is -2.30. The average Bonchev–Trinajstić information content (AvgIpc) is 3.66. The fourth-order valence-corrected chi connectivity index (χ4v) is 7.25. The van der Waals surface area contributed by atoms with E-state index in [9.17, 15) is 0 Å². The lowest BCUT2D eigenvalue weighted by atomic mass is 9.88. The van der Waals surface area contributed by atoms with Gasteiger partial charge in [0.25, 0.3) is 6.21 Å². The zero-order chi connectivity index (χ0) is 30.6. The van der Waals surface area contributed by atoms with Gasteiger partial charge in [-0.05, 0) is 120 Å². The summed E-state index contributed by atoms with van der Waals surface area (Å²) in [6.45, 7) is 19.5. The Morgan fingerprint density at radius 1 is 0.535 bits per heavy atom. The fraction of sp³-hybridized carbons (Fsp3) is 0.250. The molecule has 0 saturated heterocycles. The van der Waals surface area contributed by atoms with Crippen molar-refractivity contribution in [3.8, 4) is 22.5 Å². The monoisotopic (exact) mass is 567 g/mol. The molecule has 1 radical (unpaired) electrons. The molecule has 0 N–H and O–H groups in total. The highest BCUT2D eigenvalue weighted by Crippen LogP contribution is 2.32. The van der Waals surface area contributed by atoms with Gasteiger partial charge in [0, 0.05) is 22.8 Å². The fourth-order valence-electron chi connectivity index (χ4n) is 7.25. The third-order valence-electron chi connectivity index (χ3n) is 8.64. The molecule has 6 nitrogen and oxygen atoms in total. The molecule has 7 heteroatoms. The van der Waals surface area contributed by atoms with Gasteiger partial charge in [-0.25, -0.2) is 15.1 Å². The summed E-state index contributed by atoms with van der Waals surface area (Å²) < 4.78 is 4.13. The van der Waals surface area contributed by atoms with Crippen LogP contribution in [-0.2, 0) is 0 Å². The molecule has 0 atom stereocenters. The molecule has 5 aromatic rings. The number of hydrogen-bond donors (Lipinski definition) is 0. The number of allylic oxidation sites excluding steroid dienone is 1. The van der Waals surface area contributed by atoms with Crippen molar-refractivity contribution in [3.63, 3.8) is 0 Å². The van der Waals surface area contributed by atoms with Crippen molar-refractivity contribution in [2.24, 2.45) is 0 Å². The topological polar surface area (TPSA) is 53.0 Å². The third-order valence-corrected chi connectivity index (χ3v) is 8.64. The van der Waals surface area contributed by atoms with Gasteiger partial charge in [-0.3, -0.25) is 0 Å². The summed E-state index contributed by atoms with van der Waals surface area (Å²) in [4.78, 5) is 2.13. The molecule has 0 unspecified atom stereocenters. The minimum Gasteiger partial charge on any atom is -0.399 e. The molecule has 6 rings (SSSR count). The molecular weight excluding hydrogens is 527 g/mol. The quantitative estimate of drug-likeness (QED) is 0.208. The lowest BCUT2D eigenvalue weighted by Crippen LogP contribution is -2.50. The van der Waals surface area contributed by atoms with Gasteiger partial charge in [0.05, 0.1) is 17.1 Å². The van der Waals surface area contributed by atoms with Gasteiger partial charge in [-0.15, -0.1) is 0 Å². The van der Waals surface area contributed by atoms with Crippen molar-refractivity contribution < 1.29 is 0 Å². The standard InChI is InChI=1S/C36H40BN6/c1-22-16-25(4)34(26(5)17-22)31-11-14-41(39-31)37(42-15-12-32(40-42)35-27(6)18-23(2)19-28(35)7)43-33(10-13-38-43)36-29(8)20-24(3)21-30(36)9/h10-21,37H,1-9H3. The summed E-state index contributed by atoms with van der Waals surface area (Å²) in [5, 5.41) is 15.4. The molecule has 0 bridgehead atoms. The van der Waals surface area contributed by atoms with Gasteiger partial charge in [0.15, 0.2) is 0 Å². The molecular formula is C36H40BN6. The summed E-state index contributed by atoms with van der Waals surface area (Å²) in [5.74, 6) is 0. The molecule has 0 aliphatic carbocycles. The highest BCUT2D eigenvalue weighted by atomic mass is 15.5. The van der Waals surface area contributed by atoms with Crippen molar-refractivity contribution >= 4 is 19.0 Å². The van der Waals surface area contributed by atoms with E-state index in [4.69, 9.17) is 15.3 Å². The van der Waals surface area contributed by atoms with Crippen molar-refractivity contribution in [2.75, 3.05) is 0 Å². The highest BCUT2D eigenvalue weighted by Gasteiger charge is 2.33. The maximum Gasteiger partial charge on any atom is 0.375 e. The summed E-state index contributed by atoms with van der Waals surface area (Å²) in [6, 6.07) is 17.6. The summed E-state index contributed by atoms with van der Waals surface area (Å²) in [6.07, 6.45) is 8.17. The normalized spacial score (nSPS) is 13.0. The molecule has 217 valence electrons. The van der Waals surface area contributed by atoms with Crippen LogP contribution >= 0.6 is 0 Å². The Bertz CT molecular complexity index is 1770. The van der Waals surface area contributed by atoms with Crippen molar-refractivity contribution in [1.82, 2.24) is 29.4 Å². The Morgan fingerprint density at radius 2 is 0.907 bits per heavy atom. The summed E-state index contributed by atoms with van der Waals surface area (Å²) in [7, 11) is -1.62. The number of aryl methyl sites for hydroxylation is 9. The van der Waals surface area contributed by atoms with Crippen LogP contribution in [0.2, 0.25) is 0 Å². The van der Waals surface area contributed by atoms with Gasteiger partial charge in [-0.2, -0.15) is 0 Å². The van der Waals surface area contributed by atoms with E-state index in [0.717, 1.165) is 17.1 Å². The Hall–Kier alpha value is -4.65. The Labute approximate surface area is 255 Å². The SMILES string of the molecule is Cc1cc(C)c(C2=CC=[N+]N2[BH-](n2ccc(-c3c(C)cc(C)cc3C)n2)n2ccc(-c3c(C)cc(C)cc3C)n2)c(C)c1. The second-order valence-corrected chi connectivity index (χ2v) is 12.4. The summed E-state index contributed by atoms with van der Waals surface area (Å²) >= 11 is 0. The second-order valence-electron chi connectivity index (χ2n) is 12.4. The van der Waals surface area contributed by atoms with Crippen LogP contribution in [-0.4, -0.2) is 37.6 Å². The van der Waals surface area contributed by atoms with Gasteiger partial charge < -0.3 is 9.19 Å². The minimum absolute atomic E-state index is 0.960. The first-order valence-electron chi connectivity index (χ1n) is 15.1. The van der Waals surface area contributed by atoms with E-state index in [0.29, 0.717) is 0 Å². The third kappa shape index (κ3) is 5.14. The van der Waals surface area contributed by atoms with Crippen LogP contribution in [0.3, 0.4) is 0 Å². The molecule has 2 aromatic heterocycles. The van der Waals surface area contributed by atoms with Crippen LogP contribution in [0.4, 0.5) is 0 Å². The number of aromatic nitrogens is 4. The van der Waals surface area contributed by atoms with E-state index in [2.05, 4.69) is 143 Å². The largest absolute Gasteiger partial charge is 0.399 e. The average molecular weight is 568 g/mol. The molecule has 1 aliphatic rings. The minimum atomic E-state index is -1.62. The van der Waals surface area contributed by atoms with E-state index in [1.165, 1.54) is 66.8 Å². The van der Waals surface area contributed by atoms with Gasteiger partial charge in [-0.1, -0.05) is 53.1 Å². The first-order chi connectivity index (χ1) is 20.5. The predicted octanol–water partition coefficient (Wildman–Crippen LogP) is 6.98. The Balaban J connectivity index is 1.50. The van der Waals surface area contributed by atoms with Crippen LogP contribution in [0.5, 0.6) is 0 Å². The number of hydrogen-bond acceptors (Lipinski definition) is 4. The Morgan fingerprint density at radius 3 is 1.30 bits per heavy atom. The van der Waals surface area contributed by atoms with E-state index < -0.39 is 7.12 Å². The maximum absolute atomic E-state index is 5.22. The van der Waals surface area contributed by atoms with Crippen molar-refractivity contribution in [1.29, 1.82) is 0 Å². The summed E-state index contributed by atoms with van der Waals surface area (Å²) in [5.41, 5.74) is 17.7. The van der Waals surface area contributed by atoms with E-state index in [1.807, 2.05) is 6.21 Å². The van der Waals surface area contributed by atoms with E-state index >= 15 is 0 Å². The predicted molar refractivity (Wildman–Crippen MR) is 180 cm³/mol. The lowest BCUT2D eigenvalue weighted by molar-refractivity contribution is 0.541. The first kappa shape index (κ1) is 28.5. The molecule has 43 heavy (non-hydrogen) atoms. The molecule has 3 aromatic carbocycles. The van der Waals surface area contributed by atoms with Gasteiger partial charge in [0.2, 0.25) is 0 Å². The van der Waals surface area contributed by atoms with E-state index in [-0.39, 0.29) is 0 Å². The molecule has 0 amide bonds. The highest BCUT2D eigenvalue weighted by molar-refractivity contribution is 6.53. The van der Waals surface area contributed by atoms with Crippen molar-refractivity contribution in [2.45, 2.75) is 62.3 Å². The number of benzene rings is 3. The Kier molecular flexibility index (Phi) is 7.21. The van der Waals surface area contributed by atoms with Crippen LogP contribution in [0.25, 0.3) is 28.2 Å². The smallest absolute Gasteiger partial charge is 0.375 e. The van der Waals surface area contributed by atoms with Crippen LogP contribution < -0.4 is 5.10 Å². The van der Waals surface area contributed by atoms with Crippen molar-refractivity contribution in [3.05, 3.63) is 123 Å². The molecule has 1 aliphatic heterocycles. The van der Waals surface area contributed by atoms with Crippen LogP contribution in [0.1, 0.15) is 55.6 Å². The number of nitrogens with zero attached hydrogens (tertiary/aromatic N) is 6. The molecule has 0 saturated carbocycles. The molecule has 0 spiro atoms. The molecule has 0 fully saturated rings. The van der Waals surface area contributed by atoms with Gasteiger partial charge >= 0.3 is 7.12 Å². The number of rotatable bonds is 6. The van der Waals surface area contributed by atoms with Crippen LogP contribution in [0, 0.1) is 62.3 Å². The zero-order valence-corrected chi connectivity index (χ0v) is 26.8. The van der Waals surface area contributed by atoms with Gasteiger partial charge in [0.1, 0.15) is 5.10 Å². The second kappa shape index (κ2) is 10.9. The molecule has 3 heterocycles. The number of hydrazone groups is 1. The van der Waals surface area contributed by atoms with E-state index in [1.54, 1.807) is 0 Å². The maximum atomic E-state index is 5.22. The first-order valence-corrected chi connectivity index (χ1v) is 15.1.